The number of ether oxygens (including phenoxy) is 1. The maximum absolute atomic E-state index is 11.4. The van der Waals surface area contributed by atoms with Crippen LogP contribution in [0.15, 0.2) is 0 Å². The summed E-state index contributed by atoms with van der Waals surface area (Å²) in [4.78, 5) is 24.4. The van der Waals surface area contributed by atoms with Gasteiger partial charge in [0.2, 0.25) is 0 Å². The fraction of sp³-hybridized carbons (Fsp3) is 0.833. The van der Waals surface area contributed by atoms with Gasteiger partial charge in [-0.1, -0.05) is 13.8 Å². The van der Waals surface area contributed by atoms with Gasteiger partial charge in [0.1, 0.15) is 0 Å². The molecule has 2 amide bonds. The van der Waals surface area contributed by atoms with E-state index >= 15 is 0 Å². The summed E-state index contributed by atoms with van der Waals surface area (Å²) in [6.45, 7) is 7.48. The minimum Gasteiger partial charge on any atom is -0.466 e. The molecule has 1 rings (SSSR count). The van der Waals surface area contributed by atoms with Gasteiger partial charge in [0.05, 0.1) is 12.5 Å². The van der Waals surface area contributed by atoms with Crippen LogP contribution in [0.4, 0.5) is 4.79 Å². The Balaban J connectivity index is 0.00000121. The van der Waals surface area contributed by atoms with E-state index < -0.39 is 0 Å². The van der Waals surface area contributed by atoms with Gasteiger partial charge in [-0.05, 0) is 19.8 Å². The molecule has 0 aliphatic carbocycles. The molecule has 0 aromatic carbocycles. The quantitative estimate of drug-likeness (QED) is 0.751. The topological polar surface area (TPSA) is 58.6 Å². The lowest BCUT2D eigenvalue weighted by Crippen LogP contribution is -2.44. The molecule has 0 atom stereocenters. The number of hydrogen-bond acceptors (Lipinski definition) is 3. The molecule has 1 aliphatic rings. The van der Waals surface area contributed by atoms with Crippen LogP contribution in [0, 0.1) is 5.92 Å². The number of piperidine rings is 1. The number of hydrogen-bond donors (Lipinski definition) is 1. The van der Waals surface area contributed by atoms with Crippen LogP contribution >= 0.6 is 0 Å². The van der Waals surface area contributed by atoms with Crippen molar-refractivity contribution in [3.63, 3.8) is 0 Å². The molecular formula is C12H24N2O3. The first-order valence-electron chi connectivity index (χ1n) is 6.32. The summed E-state index contributed by atoms with van der Waals surface area (Å²) >= 11 is 0. The molecule has 17 heavy (non-hydrogen) atoms. The maximum Gasteiger partial charge on any atom is 0.317 e. The second-order valence-electron chi connectivity index (χ2n) is 3.57. The van der Waals surface area contributed by atoms with Crippen LogP contribution in [0.5, 0.6) is 0 Å². The van der Waals surface area contributed by atoms with E-state index in [-0.39, 0.29) is 17.9 Å². The largest absolute Gasteiger partial charge is 0.466 e. The summed E-state index contributed by atoms with van der Waals surface area (Å²) in [5.41, 5.74) is 0. The van der Waals surface area contributed by atoms with Gasteiger partial charge in [-0.15, -0.1) is 0 Å². The number of amides is 2. The number of nitrogens with zero attached hydrogens (tertiary/aromatic N) is 1. The molecule has 0 saturated carbocycles. The smallest absolute Gasteiger partial charge is 0.317 e. The third-order valence-electron chi connectivity index (χ3n) is 2.62. The van der Waals surface area contributed by atoms with Gasteiger partial charge >= 0.3 is 12.0 Å². The number of esters is 1. The predicted octanol–water partition coefficient (Wildman–Crippen LogP) is 1.63. The molecule has 1 N–H and O–H groups in total. The summed E-state index contributed by atoms with van der Waals surface area (Å²) in [6, 6.07) is -0.0719. The van der Waals surface area contributed by atoms with E-state index in [4.69, 9.17) is 4.74 Å². The standard InChI is InChI=1S/C10H18N2O3.C2H6/c1-3-15-9(13)8-4-6-12(7-5-8)10(14)11-2;1-2/h8H,3-7H2,1-2H3,(H,11,14);1-2H3. The van der Waals surface area contributed by atoms with E-state index in [2.05, 4.69) is 5.32 Å². The summed E-state index contributed by atoms with van der Waals surface area (Å²) in [7, 11) is 1.61. The maximum atomic E-state index is 11.4. The highest BCUT2D eigenvalue weighted by molar-refractivity contribution is 5.75. The van der Waals surface area contributed by atoms with E-state index in [0.29, 0.717) is 32.5 Å². The molecule has 1 fully saturated rings. The minimum absolute atomic E-state index is 0.0362. The molecule has 0 aromatic rings. The van der Waals surface area contributed by atoms with E-state index in [1.54, 1.807) is 18.9 Å². The zero-order valence-electron chi connectivity index (χ0n) is 11.3. The van der Waals surface area contributed by atoms with E-state index in [1.807, 2.05) is 13.8 Å². The van der Waals surface area contributed by atoms with Crippen molar-refractivity contribution in [3.8, 4) is 0 Å². The average Bonchev–Trinajstić information content (AvgIpc) is 2.40. The van der Waals surface area contributed by atoms with E-state index in [1.165, 1.54) is 0 Å². The average molecular weight is 244 g/mol. The minimum atomic E-state index is -0.131. The number of urea groups is 1. The number of likely N-dealkylation sites (tertiary alicyclic amines) is 1. The van der Waals surface area contributed by atoms with Crippen molar-refractivity contribution in [3.05, 3.63) is 0 Å². The summed E-state index contributed by atoms with van der Waals surface area (Å²) < 4.78 is 4.95. The number of nitrogens with one attached hydrogen (secondary N) is 1. The van der Waals surface area contributed by atoms with Crippen molar-refractivity contribution < 1.29 is 14.3 Å². The van der Waals surface area contributed by atoms with Gasteiger partial charge in [0.15, 0.2) is 0 Å². The van der Waals surface area contributed by atoms with Gasteiger partial charge in [0.25, 0.3) is 0 Å². The predicted molar refractivity (Wildman–Crippen MR) is 66.7 cm³/mol. The Morgan fingerprint density at radius 3 is 2.24 bits per heavy atom. The first-order valence-corrected chi connectivity index (χ1v) is 6.32. The first-order chi connectivity index (χ1) is 8.19. The normalized spacial score (nSPS) is 15.6. The molecule has 100 valence electrons. The van der Waals surface area contributed by atoms with Crippen molar-refractivity contribution in [2.24, 2.45) is 5.92 Å². The lowest BCUT2D eigenvalue weighted by Gasteiger charge is -2.30. The zero-order valence-corrected chi connectivity index (χ0v) is 11.3. The fourth-order valence-corrected chi connectivity index (χ4v) is 1.74. The Kier molecular flexibility index (Phi) is 8.19. The Morgan fingerprint density at radius 1 is 1.29 bits per heavy atom. The first kappa shape index (κ1) is 15.7. The van der Waals surface area contributed by atoms with Gasteiger partial charge in [-0.2, -0.15) is 0 Å². The van der Waals surface area contributed by atoms with Gasteiger partial charge in [-0.3, -0.25) is 4.79 Å². The van der Waals surface area contributed by atoms with Crippen LogP contribution in [0.1, 0.15) is 33.6 Å². The second kappa shape index (κ2) is 8.84. The van der Waals surface area contributed by atoms with Crippen molar-refractivity contribution in [1.29, 1.82) is 0 Å². The second-order valence-corrected chi connectivity index (χ2v) is 3.57. The lowest BCUT2D eigenvalue weighted by molar-refractivity contribution is -0.149. The Morgan fingerprint density at radius 2 is 1.82 bits per heavy atom. The van der Waals surface area contributed by atoms with Gasteiger partial charge in [-0.25, -0.2) is 4.79 Å². The molecule has 0 unspecified atom stereocenters. The highest BCUT2D eigenvalue weighted by Crippen LogP contribution is 2.18. The number of carbonyl (C=O) groups excluding carboxylic acids is 2. The van der Waals surface area contributed by atoms with Crippen molar-refractivity contribution in [2.75, 3.05) is 26.7 Å². The van der Waals surface area contributed by atoms with E-state index in [0.717, 1.165) is 0 Å². The Hall–Kier alpha value is -1.26. The van der Waals surface area contributed by atoms with Crippen LogP contribution in [0.25, 0.3) is 0 Å². The van der Waals surface area contributed by atoms with Crippen LogP contribution in [0.3, 0.4) is 0 Å². The van der Waals surface area contributed by atoms with Crippen LogP contribution < -0.4 is 5.32 Å². The molecule has 0 spiro atoms. The summed E-state index contributed by atoms with van der Waals surface area (Å²) in [6.07, 6.45) is 1.40. The number of carbonyl (C=O) groups is 2. The molecule has 5 heteroatoms. The molecule has 1 heterocycles. The van der Waals surface area contributed by atoms with Gasteiger partial charge in [0, 0.05) is 20.1 Å². The molecule has 0 bridgehead atoms. The monoisotopic (exact) mass is 244 g/mol. The Bertz CT molecular complexity index is 236. The molecule has 1 aliphatic heterocycles. The van der Waals surface area contributed by atoms with Crippen molar-refractivity contribution in [1.82, 2.24) is 10.2 Å². The highest BCUT2D eigenvalue weighted by Gasteiger charge is 2.27. The van der Waals surface area contributed by atoms with Crippen LogP contribution in [-0.2, 0) is 9.53 Å². The van der Waals surface area contributed by atoms with E-state index in [9.17, 15) is 9.59 Å². The van der Waals surface area contributed by atoms with Crippen molar-refractivity contribution in [2.45, 2.75) is 33.6 Å². The zero-order chi connectivity index (χ0) is 13.3. The summed E-state index contributed by atoms with van der Waals surface area (Å²) in [5.74, 6) is -0.167. The molecular weight excluding hydrogens is 220 g/mol. The summed E-state index contributed by atoms with van der Waals surface area (Å²) in [5, 5.41) is 2.57. The SMILES string of the molecule is CC.CCOC(=O)C1CCN(C(=O)NC)CC1. The third-order valence-corrected chi connectivity index (χ3v) is 2.62. The van der Waals surface area contributed by atoms with Gasteiger partial charge < -0.3 is 15.0 Å². The highest BCUT2D eigenvalue weighted by atomic mass is 16.5. The molecule has 0 aromatic heterocycles. The third kappa shape index (κ3) is 5.06. The molecule has 5 nitrogen and oxygen atoms in total. The molecule has 0 radical (unpaired) electrons. The van der Waals surface area contributed by atoms with Crippen molar-refractivity contribution >= 4 is 12.0 Å². The van der Waals surface area contributed by atoms with Crippen LogP contribution in [-0.4, -0.2) is 43.6 Å². The Labute approximate surface area is 103 Å². The number of rotatable bonds is 2. The molecule has 1 saturated heterocycles. The lowest BCUT2D eigenvalue weighted by atomic mass is 9.97. The van der Waals surface area contributed by atoms with Crippen LogP contribution in [0.2, 0.25) is 0 Å². The fourth-order valence-electron chi connectivity index (χ4n) is 1.74.